The van der Waals surface area contributed by atoms with Gasteiger partial charge in [-0.3, -0.25) is 0 Å². The first-order valence-electron chi connectivity index (χ1n) is 10.5. The van der Waals surface area contributed by atoms with Crippen molar-refractivity contribution in [2.45, 2.75) is 77.5 Å². The van der Waals surface area contributed by atoms with Gasteiger partial charge in [-0.15, -0.1) is 0 Å². The van der Waals surface area contributed by atoms with Gasteiger partial charge in [0.25, 0.3) is 0 Å². The zero-order valence-electron chi connectivity index (χ0n) is 18.3. The van der Waals surface area contributed by atoms with Crippen LogP contribution >= 0.6 is 0 Å². The van der Waals surface area contributed by atoms with Crippen LogP contribution in [0, 0.1) is 0 Å². The standard InChI is InChI=1S/C20H42B2O4/c1-19(2,3)21-7-8-22(20(4,5)6)10-12-24-14-16-26-18-17-25-15-13-23-11-9-21/h7-18H2,1-6H3. The molecule has 0 saturated carbocycles. The van der Waals surface area contributed by atoms with Crippen molar-refractivity contribution in [2.24, 2.45) is 0 Å². The molecule has 0 amide bonds. The molecule has 0 N–H and O–H groups in total. The summed E-state index contributed by atoms with van der Waals surface area (Å²) in [6.07, 6.45) is 4.77. The first-order valence-corrected chi connectivity index (χ1v) is 10.5. The Hall–Kier alpha value is -0.0301. The van der Waals surface area contributed by atoms with E-state index in [2.05, 4.69) is 41.5 Å². The number of rotatable bonds is 0. The van der Waals surface area contributed by atoms with E-state index in [-0.39, 0.29) is 0 Å². The second-order valence-corrected chi connectivity index (χ2v) is 9.73. The molecule has 1 heterocycles. The minimum Gasteiger partial charge on any atom is -0.380 e. The quantitative estimate of drug-likeness (QED) is 0.583. The maximum atomic E-state index is 5.81. The normalized spacial score (nSPS) is 21.9. The molecule has 1 saturated heterocycles. The summed E-state index contributed by atoms with van der Waals surface area (Å²) >= 11 is 0. The van der Waals surface area contributed by atoms with Crippen molar-refractivity contribution in [3.63, 3.8) is 0 Å². The van der Waals surface area contributed by atoms with Crippen LogP contribution in [0.5, 0.6) is 0 Å². The summed E-state index contributed by atoms with van der Waals surface area (Å²) < 4.78 is 22.7. The molecule has 4 nitrogen and oxygen atoms in total. The minimum atomic E-state index is 0.316. The van der Waals surface area contributed by atoms with Crippen LogP contribution in [0.25, 0.3) is 0 Å². The SMILES string of the molecule is CC(C)(C)B1CCOCCOCCOCCOCCB(C(C)(C)C)CC1. The fourth-order valence-corrected chi connectivity index (χ4v) is 3.64. The molecule has 1 rings (SSSR count). The highest BCUT2D eigenvalue weighted by Gasteiger charge is 2.33. The fourth-order valence-electron chi connectivity index (χ4n) is 3.64. The molecule has 1 aliphatic heterocycles. The Balaban J connectivity index is 2.62. The van der Waals surface area contributed by atoms with Crippen LogP contribution < -0.4 is 0 Å². The van der Waals surface area contributed by atoms with Crippen molar-refractivity contribution in [3.05, 3.63) is 0 Å². The van der Waals surface area contributed by atoms with Crippen LogP contribution in [0.15, 0.2) is 0 Å². The van der Waals surface area contributed by atoms with E-state index in [4.69, 9.17) is 18.9 Å². The highest BCUT2D eigenvalue weighted by Crippen LogP contribution is 2.37. The topological polar surface area (TPSA) is 36.9 Å². The predicted molar refractivity (Wildman–Crippen MR) is 113 cm³/mol. The van der Waals surface area contributed by atoms with Crippen molar-refractivity contribution in [3.8, 4) is 0 Å². The molecule has 1 fully saturated rings. The zero-order chi connectivity index (χ0) is 19.5. The lowest BCUT2D eigenvalue weighted by Gasteiger charge is -2.32. The van der Waals surface area contributed by atoms with E-state index in [1.807, 2.05) is 0 Å². The summed E-state index contributed by atoms with van der Waals surface area (Å²) in [6.45, 7) is 21.1. The molecule has 1 aliphatic rings. The third kappa shape index (κ3) is 11.0. The molecule has 26 heavy (non-hydrogen) atoms. The summed E-state index contributed by atoms with van der Waals surface area (Å²) in [6, 6.07) is 0. The largest absolute Gasteiger partial charge is 0.380 e. The summed E-state index contributed by atoms with van der Waals surface area (Å²) in [4.78, 5) is 0. The van der Waals surface area contributed by atoms with E-state index < -0.39 is 0 Å². The van der Waals surface area contributed by atoms with E-state index in [0.29, 0.717) is 63.7 Å². The van der Waals surface area contributed by atoms with Crippen molar-refractivity contribution < 1.29 is 18.9 Å². The lowest BCUT2D eigenvalue weighted by molar-refractivity contribution is 0.000764. The van der Waals surface area contributed by atoms with Crippen LogP contribution in [0.3, 0.4) is 0 Å². The van der Waals surface area contributed by atoms with Gasteiger partial charge in [-0.25, -0.2) is 0 Å². The first kappa shape index (κ1) is 24.0. The average Bonchev–Trinajstić information content (AvgIpc) is 2.52. The zero-order valence-corrected chi connectivity index (χ0v) is 18.3. The van der Waals surface area contributed by atoms with E-state index in [0.717, 1.165) is 25.9 Å². The van der Waals surface area contributed by atoms with Crippen LogP contribution in [0.4, 0.5) is 0 Å². The molecule has 0 aromatic carbocycles. The molecular weight excluding hydrogens is 326 g/mol. The van der Waals surface area contributed by atoms with Crippen molar-refractivity contribution in [2.75, 3.05) is 52.9 Å². The average molecular weight is 368 g/mol. The first-order chi connectivity index (χ1) is 12.2. The van der Waals surface area contributed by atoms with Gasteiger partial charge >= 0.3 is 0 Å². The van der Waals surface area contributed by atoms with E-state index in [1.54, 1.807) is 0 Å². The highest BCUT2D eigenvalue weighted by molar-refractivity contribution is 6.67. The Morgan fingerprint density at radius 2 is 0.692 bits per heavy atom. The van der Waals surface area contributed by atoms with Crippen molar-refractivity contribution in [1.29, 1.82) is 0 Å². The molecule has 152 valence electrons. The highest BCUT2D eigenvalue weighted by atomic mass is 16.6. The van der Waals surface area contributed by atoms with Crippen LogP contribution in [0.1, 0.15) is 41.5 Å². The number of ether oxygens (including phenoxy) is 4. The van der Waals surface area contributed by atoms with Crippen LogP contribution in [-0.2, 0) is 18.9 Å². The third-order valence-corrected chi connectivity index (χ3v) is 5.65. The van der Waals surface area contributed by atoms with Gasteiger partial charge in [-0.05, 0) is 0 Å². The molecule has 0 aliphatic carbocycles. The summed E-state index contributed by atoms with van der Waals surface area (Å²) in [5, 5.41) is 0.633. The van der Waals surface area contributed by atoms with Gasteiger partial charge in [-0.2, -0.15) is 0 Å². The molecule has 6 heteroatoms. The Labute approximate surface area is 163 Å². The second-order valence-electron chi connectivity index (χ2n) is 9.73. The summed E-state index contributed by atoms with van der Waals surface area (Å²) in [5.41, 5.74) is 0. The predicted octanol–water partition coefficient (Wildman–Crippen LogP) is 4.66. The lowest BCUT2D eigenvalue weighted by Crippen LogP contribution is -2.32. The Morgan fingerprint density at radius 1 is 0.423 bits per heavy atom. The molecule has 0 aromatic rings. The van der Waals surface area contributed by atoms with Crippen LogP contribution in [-0.4, -0.2) is 66.3 Å². The monoisotopic (exact) mass is 368 g/mol. The number of hydrogen-bond donors (Lipinski definition) is 0. The Bertz CT molecular complexity index is 319. The maximum Gasteiger partial charge on any atom is 0.147 e. The smallest absolute Gasteiger partial charge is 0.147 e. The van der Waals surface area contributed by atoms with Crippen molar-refractivity contribution >= 4 is 13.4 Å². The molecule has 0 unspecified atom stereocenters. The molecule has 0 atom stereocenters. The van der Waals surface area contributed by atoms with E-state index in [9.17, 15) is 0 Å². The fraction of sp³-hybridized carbons (Fsp3) is 1.00. The Morgan fingerprint density at radius 3 is 0.962 bits per heavy atom. The van der Waals surface area contributed by atoms with Crippen LogP contribution in [0.2, 0.25) is 35.9 Å². The van der Waals surface area contributed by atoms with Crippen molar-refractivity contribution in [1.82, 2.24) is 0 Å². The molecule has 0 radical (unpaired) electrons. The van der Waals surface area contributed by atoms with Gasteiger partial charge in [0.1, 0.15) is 13.4 Å². The summed E-state index contributed by atoms with van der Waals surface area (Å²) in [7, 11) is 0. The minimum absolute atomic E-state index is 0.316. The lowest BCUT2D eigenvalue weighted by atomic mass is 9.24. The number of hydrogen-bond acceptors (Lipinski definition) is 4. The van der Waals surface area contributed by atoms with Gasteiger partial charge in [0.2, 0.25) is 0 Å². The van der Waals surface area contributed by atoms with Gasteiger partial charge in [0.05, 0.1) is 39.6 Å². The van der Waals surface area contributed by atoms with Gasteiger partial charge < -0.3 is 18.9 Å². The summed E-state index contributed by atoms with van der Waals surface area (Å²) in [5.74, 6) is 0. The van der Waals surface area contributed by atoms with Gasteiger partial charge in [-0.1, -0.05) is 77.5 Å². The van der Waals surface area contributed by atoms with Gasteiger partial charge in [0, 0.05) is 13.2 Å². The third-order valence-electron chi connectivity index (χ3n) is 5.65. The molecule has 0 aromatic heterocycles. The Kier molecular flexibility index (Phi) is 11.5. The van der Waals surface area contributed by atoms with E-state index in [1.165, 1.54) is 12.6 Å². The van der Waals surface area contributed by atoms with Gasteiger partial charge in [0.15, 0.2) is 0 Å². The molecule has 0 bridgehead atoms. The molecular formula is C20H42B2O4. The maximum absolute atomic E-state index is 5.81. The molecule has 0 spiro atoms. The van der Waals surface area contributed by atoms with E-state index >= 15 is 0 Å². The second kappa shape index (κ2) is 12.4.